The van der Waals surface area contributed by atoms with E-state index >= 15 is 0 Å². The van der Waals surface area contributed by atoms with Gasteiger partial charge in [-0.1, -0.05) is 0 Å². The minimum Gasteiger partial charge on any atom is -0.494 e. The van der Waals surface area contributed by atoms with Crippen molar-refractivity contribution < 1.29 is 19.2 Å². The van der Waals surface area contributed by atoms with Gasteiger partial charge in [-0.2, -0.15) is 0 Å². The smallest absolute Gasteiger partial charge is 0.314 e. The molecule has 0 atom stereocenters. The molecule has 0 saturated heterocycles. The monoisotopic (exact) mass is 266 g/mol. The molecule has 2 rings (SSSR count). The SMILES string of the molecule is COc1cc([N+](=O)[O-])c(OC)cc1NC(=O)C1CC1. The number of ether oxygens (including phenoxy) is 2. The number of rotatable bonds is 5. The van der Waals surface area contributed by atoms with Crippen molar-refractivity contribution in [2.75, 3.05) is 19.5 Å². The van der Waals surface area contributed by atoms with Crippen LogP contribution in [0.5, 0.6) is 11.5 Å². The second-order valence-electron chi connectivity index (χ2n) is 4.24. The van der Waals surface area contributed by atoms with Gasteiger partial charge >= 0.3 is 5.69 Å². The molecule has 1 fully saturated rings. The van der Waals surface area contributed by atoms with Gasteiger partial charge in [0.05, 0.1) is 30.9 Å². The van der Waals surface area contributed by atoms with Crippen molar-refractivity contribution in [2.45, 2.75) is 12.8 Å². The zero-order valence-electron chi connectivity index (χ0n) is 10.6. The maximum atomic E-state index is 11.7. The third kappa shape index (κ3) is 2.75. The van der Waals surface area contributed by atoms with Crippen LogP contribution in [0.25, 0.3) is 0 Å². The van der Waals surface area contributed by atoms with E-state index in [0.29, 0.717) is 5.69 Å². The quantitative estimate of drug-likeness (QED) is 0.649. The van der Waals surface area contributed by atoms with Crippen molar-refractivity contribution in [1.82, 2.24) is 0 Å². The fraction of sp³-hybridized carbons (Fsp3) is 0.417. The number of nitrogens with one attached hydrogen (secondary N) is 1. The van der Waals surface area contributed by atoms with Crippen LogP contribution in [0.1, 0.15) is 12.8 Å². The summed E-state index contributed by atoms with van der Waals surface area (Å²) in [7, 11) is 2.72. The third-order valence-corrected chi connectivity index (χ3v) is 2.90. The van der Waals surface area contributed by atoms with Gasteiger partial charge in [0.15, 0.2) is 5.75 Å². The van der Waals surface area contributed by atoms with Crippen molar-refractivity contribution in [3.63, 3.8) is 0 Å². The molecule has 19 heavy (non-hydrogen) atoms. The molecule has 1 saturated carbocycles. The van der Waals surface area contributed by atoms with Gasteiger partial charge in [-0.3, -0.25) is 14.9 Å². The van der Waals surface area contributed by atoms with Crippen LogP contribution in [0.4, 0.5) is 11.4 Å². The van der Waals surface area contributed by atoms with E-state index in [-0.39, 0.29) is 29.0 Å². The highest BCUT2D eigenvalue weighted by atomic mass is 16.6. The molecule has 0 aliphatic heterocycles. The summed E-state index contributed by atoms with van der Waals surface area (Å²) in [6, 6.07) is 2.64. The summed E-state index contributed by atoms with van der Waals surface area (Å²) in [5, 5.41) is 13.6. The van der Waals surface area contributed by atoms with Crippen molar-refractivity contribution in [3.8, 4) is 11.5 Å². The van der Waals surface area contributed by atoms with E-state index in [0.717, 1.165) is 12.8 Å². The van der Waals surface area contributed by atoms with Gasteiger partial charge in [0.2, 0.25) is 5.91 Å². The lowest BCUT2D eigenvalue weighted by atomic mass is 10.2. The molecule has 0 radical (unpaired) electrons. The van der Waals surface area contributed by atoms with Gasteiger partial charge in [-0.15, -0.1) is 0 Å². The molecule has 1 aromatic carbocycles. The molecule has 0 aromatic heterocycles. The molecule has 0 unspecified atom stereocenters. The predicted octanol–water partition coefficient (Wildman–Crippen LogP) is 1.96. The first-order valence-corrected chi connectivity index (χ1v) is 5.78. The largest absolute Gasteiger partial charge is 0.494 e. The van der Waals surface area contributed by atoms with Crippen LogP contribution in [0, 0.1) is 16.0 Å². The number of anilines is 1. The molecular weight excluding hydrogens is 252 g/mol. The Balaban J connectivity index is 2.35. The maximum Gasteiger partial charge on any atom is 0.314 e. The Hall–Kier alpha value is -2.31. The van der Waals surface area contributed by atoms with Gasteiger partial charge in [0.25, 0.3) is 0 Å². The van der Waals surface area contributed by atoms with Gasteiger partial charge < -0.3 is 14.8 Å². The van der Waals surface area contributed by atoms with Crippen molar-refractivity contribution in [1.29, 1.82) is 0 Å². The number of benzene rings is 1. The molecule has 7 nitrogen and oxygen atoms in total. The van der Waals surface area contributed by atoms with Gasteiger partial charge in [-0.05, 0) is 12.8 Å². The number of hydrogen-bond donors (Lipinski definition) is 1. The summed E-state index contributed by atoms with van der Waals surface area (Å²) < 4.78 is 10.0. The number of amides is 1. The number of carbonyl (C=O) groups excluding carboxylic acids is 1. The van der Waals surface area contributed by atoms with Gasteiger partial charge in [0.1, 0.15) is 5.75 Å². The van der Waals surface area contributed by atoms with E-state index in [1.165, 1.54) is 26.4 Å². The van der Waals surface area contributed by atoms with Crippen LogP contribution in [0.3, 0.4) is 0 Å². The Bertz CT molecular complexity index is 525. The summed E-state index contributed by atoms with van der Waals surface area (Å²) in [6.45, 7) is 0. The summed E-state index contributed by atoms with van der Waals surface area (Å²) in [6.07, 6.45) is 1.75. The molecule has 102 valence electrons. The molecule has 0 bridgehead atoms. The summed E-state index contributed by atoms with van der Waals surface area (Å²) in [4.78, 5) is 22.0. The molecule has 7 heteroatoms. The average molecular weight is 266 g/mol. The van der Waals surface area contributed by atoms with Crippen LogP contribution in [0.15, 0.2) is 12.1 Å². The lowest BCUT2D eigenvalue weighted by Crippen LogP contribution is -2.14. The predicted molar refractivity (Wildman–Crippen MR) is 67.6 cm³/mol. The Kier molecular flexibility index (Phi) is 3.55. The third-order valence-electron chi connectivity index (χ3n) is 2.90. The van der Waals surface area contributed by atoms with Crippen LogP contribution < -0.4 is 14.8 Å². The molecule has 1 N–H and O–H groups in total. The molecule has 0 spiro atoms. The first kappa shape index (κ1) is 13.1. The molecule has 1 aromatic rings. The van der Waals surface area contributed by atoms with E-state index in [9.17, 15) is 14.9 Å². The van der Waals surface area contributed by atoms with Crippen LogP contribution in [-0.4, -0.2) is 25.1 Å². The Morgan fingerprint density at radius 1 is 1.32 bits per heavy atom. The molecule has 1 aliphatic rings. The molecular formula is C12H14N2O5. The molecule has 1 amide bonds. The summed E-state index contributed by atoms with van der Waals surface area (Å²) in [5.74, 6) is 0.249. The lowest BCUT2D eigenvalue weighted by Gasteiger charge is -2.11. The second kappa shape index (κ2) is 5.13. The van der Waals surface area contributed by atoms with E-state index in [1.807, 2.05) is 0 Å². The fourth-order valence-electron chi connectivity index (χ4n) is 1.70. The number of carbonyl (C=O) groups is 1. The van der Waals surface area contributed by atoms with Gasteiger partial charge in [-0.25, -0.2) is 0 Å². The topological polar surface area (TPSA) is 90.7 Å². The van der Waals surface area contributed by atoms with Crippen molar-refractivity contribution in [2.24, 2.45) is 5.92 Å². The van der Waals surface area contributed by atoms with Crippen LogP contribution >= 0.6 is 0 Å². The number of nitro benzene ring substituents is 1. The van der Waals surface area contributed by atoms with Crippen LogP contribution in [-0.2, 0) is 4.79 Å². The van der Waals surface area contributed by atoms with Crippen molar-refractivity contribution >= 4 is 17.3 Å². The van der Waals surface area contributed by atoms with E-state index in [2.05, 4.69) is 5.32 Å². The zero-order chi connectivity index (χ0) is 14.0. The highest BCUT2D eigenvalue weighted by Crippen LogP contribution is 2.39. The highest BCUT2D eigenvalue weighted by molar-refractivity contribution is 5.96. The standard InChI is InChI=1S/C12H14N2O5/c1-18-10-6-9(14(16)17)11(19-2)5-8(10)13-12(15)7-3-4-7/h5-7H,3-4H2,1-2H3,(H,13,15). The Labute approximate surface area is 109 Å². The van der Waals surface area contributed by atoms with Crippen LogP contribution in [0.2, 0.25) is 0 Å². The zero-order valence-corrected chi connectivity index (χ0v) is 10.6. The molecule has 0 heterocycles. The number of nitrogens with zero attached hydrogens (tertiary/aromatic N) is 1. The van der Waals surface area contributed by atoms with E-state index in [1.54, 1.807) is 0 Å². The summed E-state index contributed by atoms with van der Waals surface area (Å²) >= 11 is 0. The average Bonchev–Trinajstić information content (AvgIpc) is 3.22. The lowest BCUT2D eigenvalue weighted by molar-refractivity contribution is -0.385. The number of methoxy groups -OCH3 is 2. The number of nitro groups is 1. The van der Waals surface area contributed by atoms with Crippen molar-refractivity contribution in [3.05, 3.63) is 22.2 Å². The van der Waals surface area contributed by atoms with Gasteiger partial charge in [0, 0.05) is 12.0 Å². The normalized spacial score (nSPS) is 13.8. The number of hydrogen-bond acceptors (Lipinski definition) is 5. The van der Waals surface area contributed by atoms with E-state index in [4.69, 9.17) is 9.47 Å². The maximum absolute atomic E-state index is 11.7. The molecule has 1 aliphatic carbocycles. The Morgan fingerprint density at radius 3 is 2.42 bits per heavy atom. The highest BCUT2D eigenvalue weighted by Gasteiger charge is 2.30. The fourth-order valence-corrected chi connectivity index (χ4v) is 1.70. The second-order valence-corrected chi connectivity index (χ2v) is 4.24. The summed E-state index contributed by atoms with van der Waals surface area (Å²) in [5.41, 5.74) is 0.172. The van der Waals surface area contributed by atoms with E-state index < -0.39 is 4.92 Å². The first-order chi connectivity index (χ1) is 9.06. The minimum absolute atomic E-state index is 0.0332. The first-order valence-electron chi connectivity index (χ1n) is 5.78. The minimum atomic E-state index is -0.562. The Morgan fingerprint density at radius 2 is 1.95 bits per heavy atom.